The van der Waals surface area contributed by atoms with Gasteiger partial charge in [-0.15, -0.1) is 0 Å². The number of nitrogens with zero attached hydrogens (tertiary/aromatic N) is 1. The molecule has 1 aromatic carbocycles. The van der Waals surface area contributed by atoms with Gasteiger partial charge in [-0.3, -0.25) is 4.90 Å². The number of rotatable bonds is 3. The summed E-state index contributed by atoms with van der Waals surface area (Å²) in [6, 6.07) is 10.6. The van der Waals surface area contributed by atoms with Gasteiger partial charge < -0.3 is 10.4 Å². The molecule has 1 amide bonds. The van der Waals surface area contributed by atoms with Crippen LogP contribution in [0.1, 0.15) is 32.4 Å². The van der Waals surface area contributed by atoms with Crippen LogP contribution in [0.2, 0.25) is 0 Å². The summed E-state index contributed by atoms with van der Waals surface area (Å²) in [5.74, 6) is 0. The van der Waals surface area contributed by atoms with E-state index in [0.717, 1.165) is 13.1 Å². The molecule has 2 N–H and O–H groups in total. The number of carbonyl (C=O) groups is 1. The molecule has 1 aliphatic heterocycles. The van der Waals surface area contributed by atoms with Crippen molar-refractivity contribution in [3.8, 4) is 0 Å². The molecule has 0 aromatic heterocycles. The highest BCUT2D eigenvalue weighted by molar-refractivity contribution is 5.65. The highest BCUT2D eigenvalue weighted by Gasteiger charge is 2.41. The molecule has 1 aromatic rings. The van der Waals surface area contributed by atoms with Crippen LogP contribution < -0.4 is 5.32 Å². The van der Waals surface area contributed by atoms with Gasteiger partial charge in [-0.1, -0.05) is 44.2 Å². The van der Waals surface area contributed by atoms with Crippen molar-refractivity contribution in [1.29, 1.82) is 0 Å². The van der Waals surface area contributed by atoms with Crippen molar-refractivity contribution in [3.05, 3.63) is 35.9 Å². The Labute approximate surface area is 114 Å². The van der Waals surface area contributed by atoms with Gasteiger partial charge in [-0.2, -0.15) is 0 Å². The van der Waals surface area contributed by atoms with Crippen molar-refractivity contribution in [2.75, 3.05) is 13.1 Å². The summed E-state index contributed by atoms with van der Waals surface area (Å²) < 4.78 is 0. The minimum absolute atomic E-state index is 0.0174. The van der Waals surface area contributed by atoms with E-state index in [4.69, 9.17) is 5.11 Å². The summed E-state index contributed by atoms with van der Waals surface area (Å²) in [7, 11) is 0. The molecule has 104 valence electrons. The molecular formula is C15H22N2O2. The molecule has 1 aliphatic rings. The lowest BCUT2D eigenvalue weighted by molar-refractivity contribution is 0.181. The minimum Gasteiger partial charge on any atom is -0.465 e. The molecule has 0 radical (unpaired) electrons. The topological polar surface area (TPSA) is 52.6 Å². The summed E-state index contributed by atoms with van der Waals surface area (Å²) in [5.41, 5.74) is 1.23. The normalized spacial score (nSPS) is 24.1. The number of hydrogen-bond acceptors (Lipinski definition) is 2. The Morgan fingerprint density at radius 1 is 1.42 bits per heavy atom. The third-order valence-electron chi connectivity index (χ3n) is 4.10. The Morgan fingerprint density at radius 3 is 2.63 bits per heavy atom. The minimum atomic E-state index is -0.938. The summed E-state index contributed by atoms with van der Waals surface area (Å²) >= 11 is 0. The van der Waals surface area contributed by atoms with Crippen molar-refractivity contribution in [2.45, 2.75) is 32.9 Å². The summed E-state index contributed by atoms with van der Waals surface area (Å²) in [4.78, 5) is 13.2. The zero-order valence-corrected chi connectivity index (χ0v) is 11.8. The van der Waals surface area contributed by atoms with Crippen molar-refractivity contribution in [3.63, 3.8) is 0 Å². The third kappa shape index (κ3) is 3.07. The van der Waals surface area contributed by atoms with Gasteiger partial charge in [-0.25, -0.2) is 4.79 Å². The standard InChI is InChI=1S/C15H22N2O2/c1-11(12-7-5-4-6-8-12)17-9-13(16-14(18)19)15(2,3)10-17/h4-8,11,13,16H,9-10H2,1-3H3,(H,18,19)/t11?,13-/m1/s1. The molecule has 1 heterocycles. The van der Waals surface area contributed by atoms with Gasteiger partial charge in [0.25, 0.3) is 0 Å². The SMILES string of the molecule is CC(c1ccccc1)N1C[C@@H](NC(=O)O)C(C)(C)C1. The first kappa shape index (κ1) is 13.9. The zero-order valence-electron chi connectivity index (χ0n) is 11.8. The van der Waals surface area contributed by atoms with Gasteiger partial charge in [0.05, 0.1) is 6.04 Å². The third-order valence-corrected chi connectivity index (χ3v) is 4.10. The second-order valence-corrected chi connectivity index (χ2v) is 6.01. The first-order valence-electron chi connectivity index (χ1n) is 6.68. The molecule has 1 unspecified atom stereocenters. The average molecular weight is 262 g/mol. The van der Waals surface area contributed by atoms with Crippen molar-refractivity contribution >= 4 is 6.09 Å². The van der Waals surface area contributed by atoms with E-state index in [2.05, 4.69) is 43.1 Å². The average Bonchev–Trinajstić information content (AvgIpc) is 2.64. The molecule has 1 saturated heterocycles. The molecule has 1 fully saturated rings. The predicted molar refractivity (Wildman–Crippen MR) is 75.2 cm³/mol. The maximum absolute atomic E-state index is 10.9. The smallest absolute Gasteiger partial charge is 0.404 e. The van der Waals surface area contributed by atoms with Crippen LogP contribution in [-0.4, -0.2) is 35.2 Å². The van der Waals surface area contributed by atoms with Gasteiger partial charge in [0.2, 0.25) is 0 Å². The summed E-state index contributed by atoms with van der Waals surface area (Å²) in [6.07, 6.45) is -0.938. The van der Waals surface area contributed by atoms with Crippen LogP contribution in [0.4, 0.5) is 4.79 Å². The largest absolute Gasteiger partial charge is 0.465 e. The van der Waals surface area contributed by atoms with E-state index in [0.29, 0.717) is 6.04 Å². The Kier molecular flexibility index (Phi) is 3.80. The van der Waals surface area contributed by atoms with Gasteiger partial charge in [0.15, 0.2) is 0 Å². The number of amides is 1. The Bertz CT molecular complexity index is 445. The molecule has 4 nitrogen and oxygen atoms in total. The van der Waals surface area contributed by atoms with Crippen LogP contribution >= 0.6 is 0 Å². The van der Waals surface area contributed by atoms with Crippen LogP contribution in [-0.2, 0) is 0 Å². The number of benzene rings is 1. The van der Waals surface area contributed by atoms with Gasteiger partial charge in [0, 0.05) is 19.1 Å². The fraction of sp³-hybridized carbons (Fsp3) is 0.533. The maximum atomic E-state index is 10.9. The van der Waals surface area contributed by atoms with Crippen molar-refractivity contribution in [2.24, 2.45) is 5.41 Å². The lowest BCUT2D eigenvalue weighted by Crippen LogP contribution is -2.43. The Hall–Kier alpha value is -1.55. The molecule has 0 aliphatic carbocycles. The van der Waals surface area contributed by atoms with E-state index in [1.54, 1.807) is 0 Å². The van der Waals surface area contributed by atoms with E-state index in [1.165, 1.54) is 5.56 Å². The Balaban J connectivity index is 2.09. The monoisotopic (exact) mass is 262 g/mol. The predicted octanol–water partition coefficient (Wildman–Crippen LogP) is 2.73. The second-order valence-electron chi connectivity index (χ2n) is 6.01. The number of nitrogens with one attached hydrogen (secondary N) is 1. The lowest BCUT2D eigenvalue weighted by Gasteiger charge is -2.26. The van der Waals surface area contributed by atoms with Crippen LogP contribution in [0.5, 0.6) is 0 Å². The van der Waals surface area contributed by atoms with E-state index in [-0.39, 0.29) is 11.5 Å². The van der Waals surface area contributed by atoms with E-state index in [9.17, 15) is 4.79 Å². The molecule has 2 rings (SSSR count). The highest BCUT2D eigenvalue weighted by atomic mass is 16.4. The van der Waals surface area contributed by atoms with Crippen LogP contribution in [0.15, 0.2) is 30.3 Å². The molecule has 4 heteroatoms. The molecule has 0 saturated carbocycles. The first-order chi connectivity index (χ1) is 8.90. The van der Waals surface area contributed by atoms with Crippen molar-refractivity contribution in [1.82, 2.24) is 10.2 Å². The van der Waals surface area contributed by atoms with E-state index < -0.39 is 6.09 Å². The summed E-state index contributed by atoms with van der Waals surface area (Å²) in [6.45, 7) is 8.06. The number of carboxylic acid groups (broad SMARTS) is 1. The van der Waals surface area contributed by atoms with Crippen molar-refractivity contribution < 1.29 is 9.90 Å². The molecule has 0 spiro atoms. The number of hydrogen-bond donors (Lipinski definition) is 2. The molecule has 0 bridgehead atoms. The van der Waals surface area contributed by atoms with Gasteiger partial charge in [-0.05, 0) is 17.9 Å². The molecule has 2 atom stereocenters. The van der Waals surface area contributed by atoms with Crippen LogP contribution in [0.25, 0.3) is 0 Å². The zero-order chi connectivity index (χ0) is 14.0. The second kappa shape index (κ2) is 5.21. The fourth-order valence-corrected chi connectivity index (χ4v) is 2.81. The van der Waals surface area contributed by atoms with Crippen LogP contribution in [0.3, 0.4) is 0 Å². The Morgan fingerprint density at radius 2 is 2.05 bits per heavy atom. The summed E-state index contributed by atoms with van der Waals surface area (Å²) in [5, 5.41) is 11.6. The molecular weight excluding hydrogens is 240 g/mol. The van der Waals surface area contributed by atoms with Gasteiger partial charge >= 0.3 is 6.09 Å². The molecule has 19 heavy (non-hydrogen) atoms. The highest BCUT2D eigenvalue weighted by Crippen LogP contribution is 2.34. The van der Waals surface area contributed by atoms with E-state index in [1.807, 2.05) is 18.2 Å². The van der Waals surface area contributed by atoms with Crippen LogP contribution in [0, 0.1) is 5.41 Å². The van der Waals surface area contributed by atoms with Gasteiger partial charge in [0.1, 0.15) is 0 Å². The van der Waals surface area contributed by atoms with E-state index >= 15 is 0 Å². The fourth-order valence-electron chi connectivity index (χ4n) is 2.81. The maximum Gasteiger partial charge on any atom is 0.404 e. The number of likely N-dealkylation sites (tertiary alicyclic amines) is 1. The quantitative estimate of drug-likeness (QED) is 0.880. The first-order valence-corrected chi connectivity index (χ1v) is 6.68. The lowest BCUT2D eigenvalue weighted by atomic mass is 9.88.